The Bertz CT molecular complexity index is 1070. The van der Waals surface area contributed by atoms with Crippen LogP contribution < -0.4 is 20.2 Å². The number of fused-ring (bicyclic) bond motifs is 1. The molecule has 2 aromatic carbocycles. The van der Waals surface area contributed by atoms with Gasteiger partial charge in [-0.3, -0.25) is 0 Å². The maximum Gasteiger partial charge on any atom is 0.344 e. The van der Waals surface area contributed by atoms with Crippen molar-refractivity contribution in [1.29, 1.82) is 0 Å². The lowest BCUT2D eigenvalue weighted by atomic mass is 10.00. The lowest BCUT2D eigenvalue weighted by Crippen LogP contribution is -3.28. The second kappa shape index (κ2) is 9.21. The van der Waals surface area contributed by atoms with Gasteiger partial charge in [0.2, 0.25) is 0 Å². The molecule has 1 aromatic heterocycles. The zero-order valence-corrected chi connectivity index (χ0v) is 18.3. The predicted octanol–water partition coefficient (Wildman–Crippen LogP) is 1.60. The molecule has 30 heavy (non-hydrogen) atoms. The molecule has 0 aliphatic carbocycles. The van der Waals surface area contributed by atoms with Gasteiger partial charge >= 0.3 is 5.63 Å². The smallest absolute Gasteiger partial charge is 0.344 e. The second-order valence-corrected chi connectivity index (χ2v) is 8.44. The van der Waals surface area contributed by atoms with Gasteiger partial charge in [-0.15, -0.1) is 0 Å². The fraction of sp³-hybridized carbons (Fsp3) is 0.375. The summed E-state index contributed by atoms with van der Waals surface area (Å²) in [6, 6.07) is 13.0. The zero-order chi connectivity index (χ0) is 21.1. The summed E-state index contributed by atoms with van der Waals surface area (Å²) in [7, 11) is 0. The molecule has 1 fully saturated rings. The molecule has 4 rings (SSSR count). The van der Waals surface area contributed by atoms with Crippen LogP contribution in [0.25, 0.3) is 22.1 Å². The van der Waals surface area contributed by atoms with Crippen molar-refractivity contribution in [2.24, 2.45) is 0 Å². The van der Waals surface area contributed by atoms with E-state index in [0.717, 1.165) is 28.8 Å². The van der Waals surface area contributed by atoms with Gasteiger partial charge in [-0.1, -0.05) is 23.7 Å². The number of likely N-dealkylation sites (N-methyl/N-ethyl adjacent to an activating group) is 1. The third-order valence-corrected chi connectivity index (χ3v) is 6.41. The molecule has 1 aliphatic heterocycles. The van der Waals surface area contributed by atoms with E-state index in [1.165, 1.54) is 32.7 Å². The highest BCUT2D eigenvalue weighted by atomic mass is 35.5. The molecule has 0 amide bonds. The molecule has 0 bridgehead atoms. The summed E-state index contributed by atoms with van der Waals surface area (Å²) in [5.41, 5.74) is 2.49. The van der Waals surface area contributed by atoms with Crippen molar-refractivity contribution in [3.05, 3.63) is 63.5 Å². The number of nitrogens with one attached hydrogen (secondary N) is 2. The van der Waals surface area contributed by atoms with Gasteiger partial charge in [-0.25, -0.2) is 4.79 Å². The van der Waals surface area contributed by atoms with E-state index in [1.54, 1.807) is 21.9 Å². The highest BCUT2D eigenvalue weighted by Crippen LogP contribution is 2.29. The van der Waals surface area contributed by atoms with E-state index >= 15 is 0 Å². The molecule has 3 aromatic rings. The summed E-state index contributed by atoms with van der Waals surface area (Å²) in [5, 5.41) is 1.55. The van der Waals surface area contributed by atoms with Gasteiger partial charge in [-0.2, -0.15) is 0 Å². The number of quaternary nitrogens is 2. The first-order valence-corrected chi connectivity index (χ1v) is 11.1. The number of ether oxygens (including phenoxy) is 1. The van der Waals surface area contributed by atoms with Crippen LogP contribution in [0, 0.1) is 6.92 Å². The molecule has 1 aliphatic rings. The zero-order valence-electron chi connectivity index (χ0n) is 17.6. The number of halogens is 1. The average molecular weight is 429 g/mol. The number of piperazine rings is 1. The molecule has 158 valence electrons. The van der Waals surface area contributed by atoms with Crippen molar-refractivity contribution in [3.8, 4) is 16.9 Å². The molecule has 0 atom stereocenters. The number of aryl methyl sites for hydroxylation is 1. The monoisotopic (exact) mass is 428 g/mol. The van der Waals surface area contributed by atoms with Crippen LogP contribution >= 0.6 is 11.6 Å². The Morgan fingerprint density at radius 3 is 2.43 bits per heavy atom. The molecule has 0 radical (unpaired) electrons. The first kappa shape index (κ1) is 20.9. The van der Waals surface area contributed by atoms with Crippen molar-refractivity contribution >= 4 is 22.6 Å². The first-order chi connectivity index (χ1) is 14.5. The van der Waals surface area contributed by atoms with Gasteiger partial charge in [0.15, 0.2) is 0 Å². The third-order valence-electron chi connectivity index (χ3n) is 6.16. The van der Waals surface area contributed by atoms with Crippen LogP contribution in [-0.4, -0.2) is 45.9 Å². The molecule has 6 heteroatoms. The summed E-state index contributed by atoms with van der Waals surface area (Å²) in [6.07, 6.45) is 0. The Morgan fingerprint density at radius 2 is 1.73 bits per heavy atom. The van der Waals surface area contributed by atoms with E-state index in [2.05, 4.69) is 6.92 Å². The highest BCUT2D eigenvalue weighted by Gasteiger charge is 2.21. The number of benzene rings is 2. The average Bonchev–Trinajstić information content (AvgIpc) is 2.75. The summed E-state index contributed by atoms with van der Waals surface area (Å²) >= 11 is 5.98. The Kier molecular flexibility index (Phi) is 6.42. The fourth-order valence-electron chi connectivity index (χ4n) is 4.25. The minimum absolute atomic E-state index is 0.347. The van der Waals surface area contributed by atoms with Crippen LogP contribution in [0.15, 0.2) is 51.7 Å². The molecule has 0 saturated carbocycles. The molecule has 1 saturated heterocycles. The largest absolute Gasteiger partial charge is 0.488 e. The maximum atomic E-state index is 12.7. The topological polar surface area (TPSA) is 48.3 Å². The quantitative estimate of drug-likeness (QED) is 0.586. The van der Waals surface area contributed by atoms with Crippen LogP contribution in [0.1, 0.15) is 12.5 Å². The lowest BCUT2D eigenvalue weighted by Gasteiger charge is -2.28. The second-order valence-electron chi connectivity index (χ2n) is 8.01. The van der Waals surface area contributed by atoms with Gasteiger partial charge < -0.3 is 19.0 Å². The molecular weight excluding hydrogens is 400 g/mol. The van der Waals surface area contributed by atoms with E-state index in [1.807, 2.05) is 37.3 Å². The Labute approximate surface area is 181 Å². The summed E-state index contributed by atoms with van der Waals surface area (Å²) in [6.45, 7) is 11.9. The third kappa shape index (κ3) is 4.53. The number of hydrogen-bond acceptors (Lipinski definition) is 3. The van der Waals surface area contributed by atoms with E-state index in [4.69, 9.17) is 20.8 Å². The molecule has 0 unspecified atom stereocenters. The van der Waals surface area contributed by atoms with E-state index in [0.29, 0.717) is 22.8 Å². The van der Waals surface area contributed by atoms with E-state index in [-0.39, 0.29) is 5.63 Å². The van der Waals surface area contributed by atoms with E-state index < -0.39 is 0 Å². The highest BCUT2D eigenvalue weighted by molar-refractivity contribution is 6.30. The van der Waals surface area contributed by atoms with Gasteiger partial charge in [-0.05, 0) is 49.2 Å². The number of rotatable bonds is 6. The minimum atomic E-state index is -0.347. The molecule has 2 heterocycles. The van der Waals surface area contributed by atoms with Crippen LogP contribution in [0.2, 0.25) is 5.02 Å². The lowest BCUT2D eigenvalue weighted by molar-refractivity contribution is -1.01. The Morgan fingerprint density at radius 1 is 1.03 bits per heavy atom. The minimum Gasteiger partial charge on any atom is -0.488 e. The SMILES string of the molecule is CC[NH+]1CC[NH+](CCOc2ccc3c(C)c(-c4ccc(Cl)cc4)c(=O)oc3c2)CC1. The molecule has 0 spiro atoms. The van der Waals surface area contributed by atoms with E-state index in [9.17, 15) is 4.79 Å². The van der Waals surface area contributed by atoms with Gasteiger partial charge in [0.25, 0.3) is 0 Å². The normalized spacial score (nSPS) is 19.2. The van der Waals surface area contributed by atoms with Crippen LogP contribution in [0.4, 0.5) is 0 Å². The van der Waals surface area contributed by atoms with Gasteiger partial charge in [0, 0.05) is 16.5 Å². The van der Waals surface area contributed by atoms with Crippen molar-refractivity contribution in [2.75, 3.05) is 45.9 Å². The standard InChI is InChI=1S/C24H27ClN2O3/c1-3-26-10-12-27(13-11-26)14-15-29-20-8-9-21-17(2)23(24(28)30-22(21)16-20)18-4-6-19(25)7-5-18/h4-9,16H,3,10-15H2,1-2H3/p+2. The van der Waals surface area contributed by atoms with Gasteiger partial charge in [0.05, 0.1) is 12.1 Å². The maximum absolute atomic E-state index is 12.7. The van der Waals surface area contributed by atoms with Crippen molar-refractivity contribution < 1.29 is 19.0 Å². The predicted molar refractivity (Wildman–Crippen MR) is 120 cm³/mol. The molecular formula is C24H29ClN2O3+2. The summed E-state index contributed by atoms with van der Waals surface area (Å²) in [5.74, 6) is 0.738. The molecule has 5 nitrogen and oxygen atoms in total. The van der Waals surface area contributed by atoms with Crippen molar-refractivity contribution in [1.82, 2.24) is 0 Å². The van der Waals surface area contributed by atoms with Crippen molar-refractivity contribution in [3.63, 3.8) is 0 Å². The Hall–Kier alpha value is -2.34. The summed E-state index contributed by atoms with van der Waals surface area (Å²) in [4.78, 5) is 16.0. The van der Waals surface area contributed by atoms with Crippen LogP contribution in [0.3, 0.4) is 0 Å². The van der Waals surface area contributed by atoms with Crippen LogP contribution in [-0.2, 0) is 0 Å². The number of hydrogen-bond donors (Lipinski definition) is 2. The Balaban J connectivity index is 1.47. The fourth-order valence-corrected chi connectivity index (χ4v) is 4.38. The van der Waals surface area contributed by atoms with Gasteiger partial charge in [0.1, 0.15) is 50.7 Å². The first-order valence-electron chi connectivity index (χ1n) is 10.7. The van der Waals surface area contributed by atoms with Crippen LogP contribution in [0.5, 0.6) is 5.75 Å². The molecule has 2 N–H and O–H groups in total. The van der Waals surface area contributed by atoms with Crippen molar-refractivity contribution in [2.45, 2.75) is 13.8 Å². The summed E-state index contributed by atoms with van der Waals surface area (Å²) < 4.78 is 11.6.